The molecular formula is C10H34N2Si2. The van der Waals surface area contributed by atoms with Crippen molar-refractivity contribution in [3.63, 3.8) is 0 Å². The Morgan fingerprint density at radius 3 is 1.57 bits per heavy atom. The van der Waals surface area contributed by atoms with E-state index in [-0.39, 0.29) is 29.7 Å². The molecule has 0 rings (SSSR count). The Hall–Kier alpha value is 0.0938. The molecule has 0 spiro atoms. The summed E-state index contributed by atoms with van der Waals surface area (Å²) >= 11 is 0. The van der Waals surface area contributed by atoms with Gasteiger partial charge in [0.15, 0.2) is 0 Å². The zero-order valence-corrected chi connectivity index (χ0v) is 9.52. The zero-order valence-electron chi connectivity index (χ0n) is 7.36. The molecular weight excluding hydrogens is 204 g/mol. The van der Waals surface area contributed by atoms with Crippen molar-refractivity contribution < 1.29 is 0 Å². The van der Waals surface area contributed by atoms with Crippen LogP contribution in [-0.2, 0) is 0 Å². The van der Waals surface area contributed by atoms with Crippen LogP contribution in [0.4, 0.5) is 0 Å². The smallest absolute Gasteiger partial charge is 0.216 e. The maximum absolute atomic E-state index is 3.82. The third-order valence-corrected chi connectivity index (χ3v) is 8.08. The molecule has 14 heavy (non-hydrogen) atoms. The first-order valence-electron chi connectivity index (χ1n) is 3.64. The lowest BCUT2D eigenvalue weighted by molar-refractivity contribution is 1.12. The first-order chi connectivity index (χ1) is 4.54. The summed E-state index contributed by atoms with van der Waals surface area (Å²) in [6.45, 7) is 10.6. The van der Waals surface area contributed by atoms with Gasteiger partial charge in [-0.15, -0.1) is 6.58 Å². The summed E-state index contributed by atoms with van der Waals surface area (Å²) in [4.78, 5) is 3.30. The molecule has 0 saturated carbocycles. The van der Waals surface area contributed by atoms with Crippen LogP contribution in [-0.4, -0.2) is 24.4 Å². The van der Waals surface area contributed by atoms with E-state index in [1.54, 1.807) is 0 Å². The van der Waals surface area contributed by atoms with E-state index >= 15 is 0 Å². The monoisotopic (exact) mass is 238 g/mol. The first-order valence-corrected chi connectivity index (χ1v) is 9.10. The molecule has 0 fully saturated rings. The summed E-state index contributed by atoms with van der Waals surface area (Å²) in [7, 11) is -0.0899. The highest BCUT2D eigenvalue weighted by Crippen LogP contribution is 1.92. The highest BCUT2D eigenvalue weighted by Gasteiger charge is 2.21. The summed E-state index contributed by atoms with van der Waals surface area (Å²) in [5.41, 5.74) is 2.04. The third kappa shape index (κ3) is 12.1. The molecule has 0 aliphatic carbocycles. The molecule has 0 radical (unpaired) electrons. The lowest BCUT2D eigenvalue weighted by Crippen LogP contribution is -2.61. The normalized spacial score (nSPS) is 12.1. The van der Waals surface area contributed by atoms with E-state index in [0.29, 0.717) is 0 Å². The van der Waals surface area contributed by atoms with Gasteiger partial charge in [-0.25, -0.2) is 0 Å². The lowest BCUT2D eigenvalue weighted by atomic mass is 11.3. The van der Waals surface area contributed by atoms with Crippen LogP contribution in [0.5, 0.6) is 0 Å². The third-order valence-electron chi connectivity index (χ3n) is 1.52. The average molecular weight is 239 g/mol. The van der Waals surface area contributed by atoms with Crippen molar-refractivity contribution in [2.24, 2.45) is 0 Å². The molecule has 0 heterocycles. The van der Waals surface area contributed by atoms with Crippen LogP contribution in [0.2, 0.25) is 19.6 Å². The van der Waals surface area contributed by atoms with Crippen LogP contribution in [0.25, 0.3) is 0 Å². The van der Waals surface area contributed by atoms with Crippen molar-refractivity contribution in [1.82, 2.24) is 9.63 Å². The van der Waals surface area contributed by atoms with E-state index in [1.807, 2.05) is 12.7 Å². The molecule has 2 N–H and O–H groups in total. The predicted octanol–water partition coefficient (Wildman–Crippen LogP) is 3.12. The minimum absolute atomic E-state index is 0. The van der Waals surface area contributed by atoms with Gasteiger partial charge in [0.25, 0.3) is 0 Å². The topological polar surface area (TPSA) is 24.1 Å². The van der Waals surface area contributed by atoms with Crippen molar-refractivity contribution >= 4 is 17.4 Å². The van der Waals surface area contributed by atoms with Crippen molar-refractivity contribution in [3.8, 4) is 0 Å². The second-order valence-corrected chi connectivity index (χ2v) is 9.73. The van der Waals surface area contributed by atoms with E-state index in [0.717, 1.165) is 0 Å². The molecule has 0 aliphatic rings. The molecule has 0 aliphatic heterocycles. The number of hydrogen-bond donors (Lipinski definition) is 2. The summed E-state index contributed by atoms with van der Waals surface area (Å²) in [6.07, 6.45) is 0. The van der Waals surface area contributed by atoms with E-state index < -0.39 is 17.4 Å². The SMILES string of the molecule is C.C.C.C.C=C[Si](C)(NC)N[SiH](C)C. The number of rotatable bonds is 4. The quantitative estimate of drug-likeness (QED) is 0.736. The Morgan fingerprint density at radius 1 is 1.14 bits per heavy atom. The molecule has 1 atom stereocenters. The second kappa shape index (κ2) is 13.1. The van der Waals surface area contributed by atoms with Crippen molar-refractivity contribution in [2.75, 3.05) is 7.05 Å². The molecule has 92 valence electrons. The van der Waals surface area contributed by atoms with Crippen LogP contribution in [0, 0.1) is 0 Å². The second-order valence-electron chi connectivity index (χ2n) is 2.96. The summed E-state index contributed by atoms with van der Waals surface area (Å²) in [5.74, 6) is 0. The Bertz CT molecular complexity index is 119. The Kier molecular flexibility index (Phi) is 27.3. The average Bonchev–Trinajstić information content (AvgIpc) is 1.87. The minimum atomic E-state index is -1.43. The number of hydrogen-bond acceptors (Lipinski definition) is 2. The summed E-state index contributed by atoms with van der Waals surface area (Å²) in [6, 6.07) is 0. The predicted molar refractivity (Wildman–Crippen MR) is 79.8 cm³/mol. The van der Waals surface area contributed by atoms with Gasteiger partial charge < -0.3 is 9.63 Å². The van der Waals surface area contributed by atoms with Crippen molar-refractivity contribution in [1.29, 1.82) is 0 Å². The molecule has 0 amide bonds. The van der Waals surface area contributed by atoms with Gasteiger partial charge >= 0.3 is 0 Å². The maximum Gasteiger partial charge on any atom is 0.216 e. The van der Waals surface area contributed by atoms with Crippen LogP contribution < -0.4 is 9.63 Å². The fourth-order valence-corrected chi connectivity index (χ4v) is 6.88. The fraction of sp³-hybridized carbons (Fsp3) is 0.800. The summed E-state index contributed by atoms with van der Waals surface area (Å²) < 4.78 is 3.60. The van der Waals surface area contributed by atoms with Gasteiger partial charge in [-0.3, -0.25) is 0 Å². The Balaban J connectivity index is -0.0000000675. The van der Waals surface area contributed by atoms with Crippen molar-refractivity contribution in [2.45, 2.75) is 49.3 Å². The molecule has 0 saturated heterocycles. The zero-order chi connectivity index (χ0) is 8.20. The van der Waals surface area contributed by atoms with E-state index in [4.69, 9.17) is 0 Å². The van der Waals surface area contributed by atoms with E-state index in [9.17, 15) is 0 Å². The maximum atomic E-state index is 3.82. The van der Waals surface area contributed by atoms with E-state index in [2.05, 4.69) is 35.9 Å². The van der Waals surface area contributed by atoms with Gasteiger partial charge in [0.05, 0.1) is 8.96 Å². The van der Waals surface area contributed by atoms with Gasteiger partial charge in [0, 0.05) is 0 Å². The van der Waals surface area contributed by atoms with Crippen LogP contribution in [0.1, 0.15) is 29.7 Å². The standard InChI is InChI=1S/C6H18N2Si2.4CH4/c1-6-10(5,7-2)8-9(3)4;;;;/h6-9H,1H2,2-5H3;4*1H4. The van der Waals surface area contributed by atoms with Gasteiger partial charge in [-0.2, -0.15) is 0 Å². The Morgan fingerprint density at radius 2 is 1.50 bits per heavy atom. The molecule has 1 unspecified atom stereocenters. The highest BCUT2D eigenvalue weighted by atomic mass is 28.4. The fourth-order valence-electron chi connectivity index (χ4n) is 0.833. The number of nitrogens with one attached hydrogen (secondary N) is 2. The van der Waals surface area contributed by atoms with Crippen LogP contribution >= 0.6 is 0 Å². The van der Waals surface area contributed by atoms with Gasteiger partial charge in [-0.1, -0.05) is 48.5 Å². The lowest BCUT2D eigenvalue weighted by Gasteiger charge is -2.25. The van der Waals surface area contributed by atoms with Gasteiger partial charge in [0.1, 0.15) is 0 Å². The molecule has 0 aromatic heterocycles. The highest BCUT2D eigenvalue weighted by molar-refractivity contribution is 6.86. The van der Waals surface area contributed by atoms with Crippen LogP contribution in [0.3, 0.4) is 0 Å². The van der Waals surface area contributed by atoms with Crippen LogP contribution in [0.15, 0.2) is 12.3 Å². The van der Waals surface area contributed by atoms with Crippen molar-refractivity contribution in [3.05, 3.63) is 12.3 Å². The molecule has 0 aromatic carbocycles. The minimum Gasteiger partial charge on any atom is -0.347 e. The molecule has 4 heteroatoms. The van der Waals surface area contributed by atoms with E-state index in [1.165, 1.54) is 0 Å². The molecule has 0 aromatic rings. The molecule has 0 bridgehead atoms. The van der Waals surface area contributed by atoms with Gasteiger partial charge in [-0.05, 0) is 13.6 Å². The summed E-state index contributed by atoms with van der Waals surface area (Å²) in [5, 5.41) is 0. The molecule has 2 nitrogen and oxygen atoms in total. The largest absolute Gasteiger partial charge is 0.347 e. The first kappa shape index (κ1) is 29.2. The van der Waals surface area contributed by atoms with Gasteiger partial charge in [0.2, 0.25) is 8.40 Å². The Labute approximate surface area is 96.1 Å².